The molecule has 1 atom stereocenters. The molecule has 130 valence electrons. The van der Waals surface area contributed by atoms with Gasteiger partial charge in [-0.05, 0) is 37.3 Å². The largest absolute Gasteiger partial charge is 0.507 e. The lowest BCUT2D eigenvalue weighted by atomic mass is 10.2. The van der Waals surface area contributed by atoms with Gasteiger partial charge in [0.05, 0.1) is 16.4 Å². The number of hydrogen-bond donors (Lipinski definition) is 2. The van der Waals surface area contributed by atoms with Gasteiger partial charge in [-0.15, -0.1) is 11.8 Å². The number of aromatic hydroxyl groups is 1. The van der Waals surface area contributed by atoms with E-state index in [1.54, 1.807) is 31.2 Å². The summed E-state index contributed by atoms with van der Waals surface area (Å²) in [6.07, 6.45) is 1.15. The second-order valence-electron chi connectivity index (χ2n) is 4.95. The van der Waals surface area contributed by atoms with Crippen molar-refractivity contribution in [2.45, 2.75) is 17.1 Å². The number of carbonyl (C=O) groups excluding carboxylic acids is 1. The number of benzene rings is 2. The highest BCUT2D eigenvalue weighted by atomic mass is 35.5. The van der Waals surface area contributed by atoms with Crippen LogP contribution in [-0.2, 0) is 4.79 Å². The van der Waals surface area contributed by atoms with Crippen LogP contribution in [0.1, 0.15) is 12.5 Å². The summed E-state index contributed by atoms with van der Waals surface area (Å²) in [4.78, 5) is 23.0. The lowest BCUT2D eigenvalue weighted by Crippen LogP contribution is -2.26. The molecule has 2 rings (SSSR count). The number of nitro benzene ring substituents is 1. The van der Waals surface area contributed by atoms with Gasteiger partial charge in [0.25, 0.3) is 11.6 Å². The number of thioether (sulfide) groups is 1. The predicted octanol–water partition coefficient (Wildman–Crippen LogP) is 3.58. The maximum atomic E-state index is 12.0. The van der Waals surface area contributed by atoms with Crippen molar-refractivity contribution in [1.82, 2.24) is 5.43 Å². The Morgan fingerprint density at radius 2 is 2.04 bits per heavy atom. The molecule has 0 fully saturated rings. The maximum Gasteiger partial charge on any atom is 0.270 e. The fourth-order valence-corrected chi connectivity index (χ4v) is 2.77. The summed E-state index contributed by atoms with van der Waals surface area (Å²) in [6.45, 7) is 1.72. The number of nitrogens with zero attached hydrogens (tertiary/aromatic N) is 2. The molecule has 2 aromatic carbocycles. The van der Waals surface area contributed by atoms with E-state index in [1.165, 1.54) is 23.9 Å². The number of amides is 1. The highest BCUT2D eigenvalue weighted by molar-refractivity contribution is 8.00. The fraction of sp³-hybridized carbons (Fsp3) is 0.125. The van der Waals surface area contributed by atoms with Gasteiger partial charge < -0.3 is 5.11 Å². The van der Waals surface area contributed by atoms with Crippen LogP contribution in [0, 0.1) is 10.1 Å². The molecule has 0 aliphatic heterocycles. The highest BCUT2D eigenvalue weighted by Crippen LogP contribution is 2.25. The first-order valence-electron chi connectivity index (χ1n) is 7.09. The molecule has 2 N–H and O–H groups in total. The smallest absolute Gasteiger partial charge is 0.270 e. The normalized spacial score (nSPS) is 12.1. The molecule has 0 unspecified atom stereocenters. The number of carbonyl (C=O) groups is 1. The van der Waals surface area contributed by atoms with Crippen molar-refractivity contribution in [3.8, 4) is 5.75 Å². The first-order valence-corrected chi connectivity index (χ1v) is 8.35. The van der Waals surface area contributed by atoms with Gasteiger partial charge in [-0.3, -0.25) is 14.9 Å². The van der Waals surface area contributed by atoms with Crippen LogP contribution in [-0.4, -0.2) is 27.4 Å². The van der Waals surface area contributed by atoms with Gasteiger partial charge in [-0.1, -0.05) is 11.6 Å². The minimum atomic E-state index is -0.583. The summed E-state index contributed by atoms with van der Waals surface area (Å²) < 4.78 is 0. The van der Waals surface area contributed by atoms with E-state index >= 15 is 0 Å². The van der Waals surface area contributed by atoms with Crippen molar-refractivity contribution < 1.29 is 14.8 Å². The molecule has 0 aliphatic rings. The standard InChI is InChI=1S/C16H14ClN3O4S/c1-10(25-14-5-2-12(17)3-6-14)16(22)19-18-9-11-8-13(20(23)24)4-7-15(11)21/h2-10,21H,1H3,(H,19,22)/b18-9-/t10-/m0/s1. The average Bonchev–Trinajstić information content (AvgIpc) is 2.58. The molecular formula is C16H14ClN3O4S. The molecular weight excluding hydrogens is 366 g/mol. The average molecular weight is 380 g/mol. The van der Waals surface area contributed by atoms with E-state index in [4.69, 9.17) is 11.6 Å². The molecule has 0 saturated heterocycles. The van der Waals surface area contributed by atoms with E-state index in [9.17, 15) is 20.0 Å². The summed E-state index contributed by atoms with van der Waals surface area (Å²) in [5.41, 5.74) is 2.29. The Morgan fingerprint density at radius 1 is 1.36 bits per heavy atom. The molecule has 0 aliphatic carbocycles. The number of non-ortho nitro benzene ring substituents is 1. The monoisotopic (exact) mass is 379 g/mol. The van der Waals surface area contributed by atoms with Crippen LogP contribution in [0.15, 0.2) is 52.5 Å². The summed E-state index contributed by atoms with van der Waals surface area (Å²) in [7, 11) is 0. The van der Waals surface area contributed by atoms with E-state index in [0.717, 1.165) is 17.2 Å². The fourth-order valence-electron chi connectivity index (χ4n) is 1.79. The topological polar surface area (TPSA) is 105 Å². The van der Waals surface area contributed by atoms with Gasteiger partial charge in [0.15, 0.2) is 0 Å². The minimum absolute atomic E-state index is 0.132. The quantitative estimate of drug-likeness (QED) is 0.345. The van der Waals surface area contributed by atoms with Gasteiger partial charge in [-0.2, -0.15) is 5.10 Å². The molecule has 0 bridgehead atoms. The van der Waals surface area contributed by atoms with E-state index in [2.05, 4.69) is 10.5 Å². The number of hydrogen-bond acceptors (Lipinski definition) is 6. The summed E-state index contributed by atoms with van der Waals surface area (Å²) in [5, 5.41) is 24.3. The molecule has 0 aromatic heterocycles. The molecule has 7 nitrogen and oxygen atoms in total. The highest BCUT2D eigenvalue weighted by Gasteiger charge is 2.14. The van der Waals surface area contributed by atoms with Crippen LogP contribution in [0.5, 0.6) is 5.75 Å². The Balaban J connectivity index is 1.96. The molecule has 0 radical (unpaired) electrons. The van der Waals surface area contributed by atoms with Gasteiger partial charge in [0.2, 0.25) is 0 Å². The zero-order valence-corrected chi connectivity index (χ0v) is 14.6. The van der Waals surface area contributed by atoms with Crippen molar-refractivity contribution in [1.29, 1.82) is 0 Å². The molecule has 1 amide bonds. The molecule has 0 heterocycles. The summed E-state index contributed by atoms with van der Waals surface area (Å²) in [6, 6.07) is 10.6. The number of phenolic OH excluding ortho intramolecular Hbond substituents is 1. The summed E-state index contributed by atoms with van der Waals surface area (Å²) >= 11 is 7.14. The lowest BCUT2D eigenvalue weighted by molar-refractivity contribution is -0.384. The first-order chi connectivity index (χ1) is 11.9. The van der Waals surface area contributed by atoms with Crippen LogP contribution in [0.2, 0.25) is 5.02 Å². The van der Waals surface area contributed by atoms with Crippen LogP contribution < -0.4 is 5.43 Å². The molecule has 25 heavy (non-hydrogen) atoms. The Kier molecular flexibility index (Phi) is 6.37. The van der Waals surface area contributed by atoms with Crippen molar-refractivity contribution in [2.24, 2.45) is 5.10 Å². The van der Waals surface area contributed by atoms with Crippen LogP contribution in [0.3, 0.4) is 0 Å². The van der Waals surface area contributed by atoms with E-state index in [1.807, 2.05) is 0 Å². The van der Waals surface area contributed by atoms with Crippen molar-refractivity contribution in [3.05, 3.63) is 63.2 Å². The Hall–Kier alpha value is -2.58. The number of halogens is 1. The SMILES string of the molecule is C[C@H](Sc1ccc(Cl)cc1)C(=O)N/N=C\c1cc([N+](=O)[O-])ccc1O. The third kappa shape index (κ3) is 5.47. The van der Waals surface area contributed by atoms with E-state index in [0.29, 0.717) is 5.02 Å². The lowest BCUT2D eigenvalue weighted by Gasteiger charge is -2.09. The second-order valence-corrected chi connectivity index (χ2v) is 6.80. The van der Waals surface area contributed by atoms with E-state index in [-0.39, 0.29) is 22.9 Å². The molecule has 2 aromatic rings. The van der Waals surface area contributed by atoms with Gasteiger partial charge in [0, 0.05) is 27.6 Å². The molecule has 0 spiro atoms. The zero-order valence-electron chi connectivity index (χ0n) is 13.0. The second kappa shape index (κ2) is 8.50. The predicted molar refractivity (Wildman–Crippen MR) is 97.3 cm³/mol. The van der Waals surface area contributed by atoms with Crippen LogP contribution in [0.4, 0.5) is 5.69 Å². The molecule has 9 heteroatoms. The number of hydrazone groups is 1. The maximum absolute atomic E-state index is 12.0. The summed E-state index contributed by atoms with van der Waals surface area (Å²) in [5.74, 6) is -0.520. The third-order valence-electron chi connectivity index (χ3n) is 3.10. The first kappa shape index (κ1) is 18.8. The van der Waals surface area contributed by atoms with Gasteiger partial charge >= 0.3 is 0 Å². The van der Waals surface area contributed by atoms with Crippen LogP contribution >= 0.6 is 23.4 Å². The van der Waals surface area contributed by atoms with Gasteiger partial charge in [0.1, 0.15) is 5.75 Å². The van der Waals surface area contributed by atoms with E-state index < -0.39 is 10.2 Å². The number of phenols is 1. The Morgan fingerprint density at radius 3 is 2.68 bits per heavy atom. The third-order valence-corrected chi connectivity index (χ3v) is 4.46. The zero-order chi connectivity index (χ0) is 18.4. The van der Waals surface area contributed by atoms with Crippen molar-refractivity contribution in [3.63, 3.8) is 0 Å². The van der Waals surface area contributed by atoms with Crippen LogP contribution in [0.25, 0.3) is 0 Å². The van der Waals surface area contributed by atoms with Crippen molar-refractivity contribution in [2.75, 3.05) is 0 Å². The van der Waals surface area contributed by atoms with Gasteiger partial charge in [-0.25, -0.2) is 5.43 Å². The Bertz CT molecular complexity index is 812. The molecule has 0 saturated carbocycles. The number of nitro groups is 1. The number of nitrogens with one attached hydrogen (secondary N) is 1. The Labute approximate surface area is 152 Å². The van der Waals surface area contributed by atoms with Crippen molar-refractivity contribution >= 4 is 41.2 Å². The minimum Gasteiger partial charge on any atom is -0.507 e. The number of rotatable bonds is 6.